The maximum Gasteiger partial charge on any atom is 0.0734 e. The van der Waals surface area contributed by atoms with Gasteiger partial charge in [0, 0.05) is 11.1 Å². The van der Waals surface area contributed by atoms with E-state index in [0.29, 0.717) is 17.3 Å². The quantitative estimate of drug-likeness (QED) is 0.206. The van der Waals surface area contributed by atoms with E-state index in [1.165, 1.54) is 0 Å². The van der Waals surface area contributed by atoms with Gasteiger partial charge in [-0.25, -0.2) is 0 Å². The highest BCUT2D eigenvalue weighted by atomic mass is 16.4. The van der Waals surface area contributed by atoms with Gasteiger partial charge in [0.1, 0.15) is 0 Å². The van der Waals surface area contributed by atoms with Gasteiger partial charge in [0.05, 0.1) is 22.5 Å². The van der Waals surface area contributed by atoms with Crippen molar-refractivity contribution in [3.05, 3.63) is 0 Å². The molecule has 0 heterocycles. The van der Waals surface area contributed by atoms with Gasteiger partial charge in [-0.1, -0.05) is 44.9 Å². The predicted molar refractivity (Wildman–Crippen MR) is 129 cm³/mol. The minimum absolute atomic E-state index is 0.118. The number of nitrogens with one attached hydrogen (secondary N) is 2. The van der Waals surface area contributed by atoms with E-state index < -0.39 is 11.1 Å². The summed E-state index contributed by atoms with van der Waals surface area (Å²) in [4.78, 5) is 0. The Bertz CT molecular complexity index is 600. The maximum absolute atomic E-state index is 9.30. The van der Waals surface area contributed by atoms with Crippen molar-refractivity contribution >= 4 is 11.4 Å². The molecule has 0 spiro atoms. The summed E-state index contributed by atoms with van der Waals surface area (Å²) in [5.41, 5.74) is -0.324. The average Bonchev–Trinajstić information content (AvgIpc) is 2.56. The van der Waals surface area contributed by atoms with Crippen LogP contribution in [0, 0.1) is 16.7 Å². The highest BCUT2D eigenvalue weighted by Gasteiger charge is 2.53. The van der Waals surface area contributed by atoms with E-state index in [4.69, 9.17) is 0 Å². The van der Waals surface area contributed by atoms with Gasteiger partial charge in [0.15, 0.2) is 0 Å². The molecule has 178 valence electrons. The van der Waals surface area contributed by atoms with Crippen molar-refractivity contribution in [1.29, 1.82) is 0 Å². The molecule has 4 N–H and O–H groups in total. The van der Waals surface area contributed by atoms with Crippen LogP contribution in [-0.4, -0.2) is 44.0 Å². The van der Waals surface area contributed by atoms with Crippen LogP contribution in [0.1, 0.15) is 104 Å². The van der Waals surface area contributed by atoms with Crippen LogP contribution in [0.3, 0.4) is 0 Å². The summed E-state index contributed by atoms with van der Waals surface area (Å²) in [6.45, 7) is 32.2. The van der Waals surface area contributed by atoms with Gasteiger partial charge in [-0.15, -0.1) is 0 Å². The summed E-state index contributed by atoms with van der Waals surface area (Å²) >= 11 is 0. The van der Waals surface area contributed by atoms with Gasteiger partial charge in [-0.3, -0.25) is 0 Å². The van der Waals surface area contributed by atoms with Crippen molar-refractivity contribution in [3.8, 4) is 0 Å². The third kappa shape index (κ3) is 5.56. The summed E-state index contributed by atoms with van der Waals surface area (Å²) in [5, 5.41) is 33.0. The number of nitrogens with zero attached hydrogens (tertiary/aromatic N) is 2. The maximum atomic E-state index is 9.30. The second kappa shape index (κ2) is 8.78. The first-order valence-electron chi connectivity index (χ1n) is 11.0. The van der Waals surface area contributed by atoms with Crippen LogP contribution in [0.25, 0.3) is 0 Å². The Morgan fingerprint density at radius 3 is 1.03 bits per heavy atom. The van der Waals surface area contributed by atoms with Gasteiger partial charge < -0.3 is 21.0 Å². The lowest BCUT2D eigenvalue weighted by Crippen LogP contribution is -2.68. The van der Waals surface area contributed by atoms with Crippen molar-refractivity contribution < 1.29 is 10.4 Å². The Hall–Kier alpha value is -1.14. The summed E-state index contributed by atoms with van der Waals surface area (Å²) < 4.78 is 0. The molecule has 0 aliphatic heterocycles. The zero-order valence-corrected chi connectivity index (χ0v) is 22.4. The molecule has 0 radical (unpaired) electrons. The molecule has 0 aromatic carbocycles. The normalized spacial score (nSPS) is 17.3. The minimum Gasteiger partial charge on any atom is -0.411 e. The molecule has 0 saturated heterocycles. The third-order valence-electron chi connectivity index (χ3n) is 8.75. The molecular formula is C24H50N4O2. The molecule has 0 unspecified atom stereocenters. The predicted octanol–water partition coefficient (Wildman–Crippen LogP) is 5.67. The standard InChI is InChI=1S/C24H50N4O2/c1-16(19(4,5)23(12,13)27-21(8,9)17(2)25-29)20(6,7)24(14,15)28-22(10,11)18(3)26-30/h16,27-30H,1-15H3/b25-17-,26-18-. The smallest absolute Gasteiger partial charge is 0.0734 e. The van der Waals surface area contributed by atoms with Crippen LogP contribution >= 0.6 is 0 Å². The second-order valence-corrected chi connectivity index (χ2v) is 12.3. The first-order chi connectivity index (χ1) is 13.0. The molecule has 30 heavy (non-hydrogen) atoms. The zero-order chi connectivity index (χ0) is 24.6. The third-order valence-corrected chi connectivity index (χ3v) is 8.75. The van der Waals surface area contributed by atoms with E-state index in [0.717, 1.165) is 0 Å². The van der Waals surface area contributed by atoms with E-state index in [2.05, 4.69) is 83.3 Å². The summed E-state index contributed by atoms with van der Waals surface area (Å²) in [6.07, 6.45) is 0. The van der Waals surface area contributed by atoms with Crippen LogP contribution in [0.15, 0.2) is 10.3 Å². The number of hydrogen-bond acceptors (Lipinski definition) is 6. The van der Waals surface area contributed by atoms with Gasteiger partial charge >= 0.3 is 0 Å². The van der Waals surface area contributed by atoms with Crippen molar-refractivity contribution in [2.24, 2.45) is 27.1 Å². The fourth-order valence-corrected chi connectivity index (χ4v) is 4.30. The van der Waals surface area contributed by atoms with E-state index in [9.17, 15) is 10.4 Å². The fraction of sp³-hybridized carbons (Fsp3) is 0.917. The molecule has 0 aromatic rings. The van der Waals surface area contributed by atoms with Crippen LogP contribution in [0.5, 0.6) is 0 Å². The lowest BCUT2D eigenvalue weighted by molar-refractivity contribution is -0.0392. The van der Waals surface area contributed by atoms with Crippen LogP contribution in [-0.2, 0) is 0 Å². The Morgan fingerprint density at radius 1 is 0.600 bits per heavy atom. The SMILES string of the molecule is C/C(=N/O)C(C)(C)NC(C)(C)C(C)(C)C(C)C(C)(C)C(C)(C)NC(C)(C)/C(C)=N\O. The number of rotatable bonds is 10. The van der Waals surface area contributed by atoms with Crippen molar-refractivity contribution in [3.63, 3.8) is 0 Å². The molecule has 0 aliphatic carbocycles. The monoisotopic (exact) mass is 426 g/mol. The Balaban J connectivity index is 6.05. The molecule has 0 amide bonds. The zero-order valence-electron chi connectivity index (χ0n) is 22.4. The van der Waals surface area contributed by atoms with E-state index in [1.54, 1.807) is 0 Å². The van der Waals surface area contributed by atoms with Gasteiger partial charge in [0.2, 0.25) is 0 Å². The summed E-state index contributed by atoms with van der Waals surface area (Å²) in [7, 11) is 0. The summed E-state index contributed by atoms with van der Waals surface area (Å²) in [6, 6.07) is 0. The first kappa shape index (κ1) is 28.9. The Kier molecular flexibility index (Phi) is 8.44. The summed E-state index contributed by atoms with van der Waals surface area (Å²) in [5.74, 6) is 0.291. The lowest BCUT2D eigenvalue weighted by Gasteiger charge is -2.58. The average molecular weight is 427 g/mol. The Morgan fingerprint density at radius 2 is 0.833 bits per heavy atom. The number of hydrogen-bond donors (Lipinski definition) is 4. The van der Waals surface area contributed by atoms with Crippen LogP contribution in [0.4, 0.5) is 0 Å². The fourth-order valence-electron chi connectivity index (χ4n) is 4.30. The lowest BCUT2D eigenvalue weighted by atomic mass is 9.53. The Labute approximate surface area is 186 Å². The molecule has 0 fully saturated rings. The molecule has 0 bridgehead atoms. The van der Waals surface area contributed by atoms with Crippen molar-refractivity contribution in [1.82, 2.24) is 10.6 Å². The van der Waals surface area contributed by atoms with E-state index in [-0.39, 0.29) is 21.9 Å². The highest BCUT2D eigenvalue weighted by molar-refractivity contribution is 5.90. The number of oxime groups is 2. The van der Waals surface area contributed by atoms with Crippen molar-refractivity contribution in [2.45, 2.75) is 126 Å². The molecule has 0 aromatic heterocycles. The topological polar surface area (TPSA) is 89.2 Å². The van der Waals surface area contributed by atoms with Gasteiger partial charge in [0.25, 0.3) is 0 Å². The molecule has 6 heteroatoms. The molecule has 0 atom stereocenters. The van der Waals surface area contributed by atoms with Crippen LogP contribution < -0.4 is 10.6 Å². The highest BCUT2D eigenvalue weighted by Crippen LogP contribution is 2.51. The largest absolute Gasteiger partial charge is 0.411 e. The molecule has 6 nitrogen and oxygen atoms in total. The van der Waals surface area contributed by atoms with Gasteiger partial charge in [-0.05, 0) is 86.0 Å². The first-order valence-corrected chi connectivity index (χ1v) is 11.0. The molecular weight excluding hydrogens is 376 g/mol. The molecule has 0 aliphatic rings. The van der Waals surface area contributed by atoms with E-state index in [1.807, 2.05) is 41.5 Å². The van der Waals surface area contributed by atoms with Gasteiger partial charge in [-0.2, -0.15) is 0 Å². The molecule has 0 rings (SSSR count). The minimum atomic E-state index is -0.441. The van der Waals surface area contributed by atoms with Crippen LogP contribution in [0.2, 0.25) is 0 Å². The second-order valence-electron chi connectivity index (χ2n) is 12.3. The van der Waals surface area contributed by atoms with Crippen molar-refractivity contribution in [2.75, 3.05) is 0 Å². The van der Waals surface area contributed by atoms with E-state index >= 15 is 0 Å². The molecule has 0 saturated carbocycles.